The molecule has 0 aliphatic rings. The molecule has 8 heteroatoms. The normalized spacial score (nSPS) is 9.76. The molecule has 2 aromatic carbocycles. The van der Waals surface area contributed by atoms with E-state index in [1.807, 2.05) is 0 Å². The van der Waals surface area contributed by atoms with Crippen molar-refractivity contribution in [1.82, 2.24) is 0 Å². The van der Waals surface area contributed by atoms with Crippen molar-refractivity contribution in [1.29, 1.82) is 0 Å². The minimum atomic E-state index is -1.20. The number of rotatable bonds is 3. The molecule has 2 N–H and O–H groups in total. The second-order valence-corrected chi connectivity index (χ2v) is 3.96. The van der Waals surface area contributed by atoms with Gasteiger partial charge in [-0.2, -0.15) is 0 Å². The van der Waals surface area contributed by atoms with E-state index in [0.717, 1.165) is 6.07 Å². The Labute approximate surface area is 128 Å². The number of aromatic carboxylic acids is 1. The second-order valence-electron chi connectivity index (χ2n) is 3.96. The molecule has 21 heavy (non-hydrogen) atoms. The first kappa shape index (κ1) is 16.6. The molecule has 0 amide bonds. The van der Waals surface area contributed by atoms with Crippen LogP contribution in [0.1, 0.15) is 10.4 Å². The first-order chi connectivity index (χ1) is 9.40. The Balaban J connectivity index is 0.00000220. The first-order valence-electron chi connectivity index (χ1n) is 5.41. The van der Waals surface area contributed by atoms with Crippen molar-refractivity contribution in [2.45, 2.75) is 0 Å². The number of nitro benzene ring substituents is 1. The molecule has 2 rings (SSSR count). The fraction of sp³-hybridized carbons (Fsp3) is 0. The zero-order valence-electron chi connectivity index (χ0n) is 10.3. The summed E-state index contributed by atoms with van der Waals surface area (Å²) in [6.45, 7) is 0. The van der Waals surface area contributed by atoms with Gasteiger partial charge < -0.3 is 10.2 Å². The number of nitro groups is 1. The van der Waals surface area contributed by atoms with Crippen LogP contribution in [-0.4, -0.2) is 21.1 Å². The summed E-state index contributed by atoms with van der Waals surface area (Å²) < 4.78 is 13.4. The average Bonchev–Trinajstić information content (AvgIpc) is 2.40. The second kappa shape index (κ2) is 6.31. The Morgan fingerprint density at radius 3 is 2.48 bits per heavy atom. The smallest absolute Gasteiger partial charge is 0.335 e. The van der Waals surface area contributed by atoms with E-state index in [0.29, 0.717) is 6.07 Å². The lowest BCUT2D eigenvalue weighted by molar-refractivity contribution is -0.386. The van der Waals surface area contributed by atoms with Gasteiger partial charge in [0.2, 0.25) is 5.75 Å². The molecule has 0 radical (unpaired) electrons. The number of aromatic hydroxyl groups is 1. The summed E-state index contributed by atoms with van der Waals surface area (Å²) in [4.78, 5) is 20.7. The lowest BCUT2D eigenvalue weighted by Gasteiger charge is -2.06. The molecule has 0 heterocycles. The van der Waals surface area contributed by atoms with Crippen LogP contribution in [0, 0.1) is 15.9 Å². The monoisotopic (exact) mass is 357 g/mol. The van der Waals surface area contributed by atoms with Crippen LogP contribution in [0.3, 0.4) is 0 Å². The topological polar surface area (TPSA) is 101 Å². The Hall–Kier alpha value is -2.48. The molecule has 0 aromatic heterocycles. The highest BCUT2D eigenvalue weighted by molar-refractivity contribution is 8.93. The molecule has 0 spiro atoms. The lowest BCUT2D eigenvalue weighted by atomic mass is 10.0. The molecule has 0 saturated heterocycles. The highest BCUT2D eigenvalue weighted by Gasteiger charge is 2.20. The van der Waals surface area contributed by atoms with E-state index in [9.17, 15) is 24.4 Å². The van der Waals surface area contributed by atoms with Gasteiger partial charge in [0.15, 0.2) is 0 Å². The zero-order chi connectivity index (χ0) is 14.9. The lowest BCUT2D eigenvalue weighted by Crippen LogP contribution is -1.97. The van der Waals surface area contributed by atoms with Crippen LogP contribution in [0.4, 0.5) is 10.1 Å². The standard InChI is InChI=1S/C13H8FNO5.BrH/c14-9-5-10(12(16)11(6-9)15(19)20)7-2-1-3-8(4-7)13(17)18;/h1-6,16H,(H,17,18);1H. The number of hydrogen-bond donors (Lipinski definition) is 2. The van der Waals surface area contributed by atoms with Gasteiger partial charge in [-0.1, -0.05) is 12.1 Å². The van der Waals surface area contributed by atoms with Gasteiger partial charge in [-0.05, 0) is 23.8 Å². The van der Waals surface area contributed by atoms with Crippen LogP contribution >= 0.6 is 17.0 Å². The van der Waals surface area contributed by atoms with Crippen molar-refractivity contribution in [2.75, 3.05) is 0 Å². The molecule has 0 fully saturated rings. The van der Waals surface area contributed by atoms with Crippen LogP contribution in [-0.2, 0) is 0 Å². The SMILES string of the molecule is Br.O=C(O)c1cccc(-c2cc(F)cc([N+](=O)[O-])c2O)c1. The van der Waals surface area contributed by atoms with Crippen molar-refractivity contribution in [3.05, 3.63) is 57.9 Å². The third-order valence-corrected chi connectivity index (χ3v) is 2.67. The minimum absolute atomic E-state index is 0. The highest BCUT2D eigenvalue weighted by atomic mass is 79.9. The maximum atomic E-state index is 13.4. The number of hydrogen-bond acceptors (Lipinski definition) is 4. The number of nitrogens with zero attached hydrogens (tertiary/aromatic N) is 1. The van der Waals surface area contributed by atoms with Crippen molar-refractivity contribution >= 4 is 28.6 Å². The fourth-order valence-electron chi connectivity index (χ4n) is 1.76. The van der Waals surface area contributed by atoms with Gasteiger partial charge in [0, 0.05) is 5.56 Å². The van der Waals surface area contributed by atoms with Gasteiger partial charge >= 0.3 is 11.7 Å². The molecule has 6 nitrogen and oxygen atoms in total. The third-order valence-electron chi connectivity index (χ3n) is 2.67. The molecule has 0 aliphatic carbocycles. The Morgan fingerprint density at radius 1 is 1.24 bits per heavy atom. The van der Waals surface area contributed by atoms with E-state index in [4.69, 9.17) is 5.11 Å². The molecular weight excluding hydrogens is 349 g/mol. The van der Waals surface area contributed by atoms with Crippen molar-refractivity contribution < 1.29 is 24.3 Å². The Kier molecular flexibility index (Phi) is 4.98. The molecule has 0 saturated carbocycles. The number of carbonyl (C=O) groups is 1. The van der Waals surface area contributed by atoms with Crippen LogP contribution in [0.25, 0.3) is 11.1 Å². The number of carboxylic acid groups (broad SMARTS) is 1. The van der Waals surface area contributed by atoms with Gasteiger partial charge in [0.1, 0.15) is 5.82 Å². The van der Waals surface area contributed by atoms with E-state index in [2.05, 4.69) is 0 Å². The maximum Gasteiger partial charge on any atom is 0.335 e. The van der Waals surface area contributed by atoms with Crippen LogP contribution in [0.2, 0.25) is 0 Å². The van der Waals surface area contributed by atoms with Gasteiger partial charge in [0.05, 0.1) is 16.6 Å². The molecule has 110 valence electrons. The van der Waals surface area contributed by atoms with Gasteiger partial charge in [0.25, 0.3) is 0 Å². The first-order valence-corrected chi connectivity index (χ1v) is 5.41. The summed E-state index contributed by atoms with van der Waals surface area (Å²) in [5.41, 5.74) is -0.820. The highest BCUT2D eigenvalue weighted by Crippen LogP contribution is 2.37. The summed E-state index contributed by atoms with van der Waals surface area (Å²) >= 11 is 0. The van der Waals surface area contributed by atoms with Gasteiger partial charge in [-0.15, -0.1) is 17.0 Å². The fourth-order valence-corrected chi connectivity index (χ4v) is 1.76. The quantitative estimate of drug-likeness (QED) is 0.647. The predicted molar refractivity (Wildman–Crippen MR) is 77.4 cm³/mol. The number of carboxylic acids is 1. The summed E-state index contributed by atoms with van der Waals surface area (Å²) in [6.07, 6.45) is 0. The Morgan fingerprint density at radius 2 is 1.90 bits per heavy atom. The third kappa shape index (κ3) is 3.34. The van der Waals surface area contributed by atoms with E-state index in [1.165, 1.54) is 24.3 Å². The molecular formula is C13H9BrFNO5. The van der Waals surface area contributed by atoms with Crippen LogP contribution in [0.15, 0.2) is 36.4 Å². The molecule has 0 bridgehead atoms. The molecule has 0 atom stereocenters. The number of phenols is 1. The average molecular weight is 358 g/mol. The molecule has 0 aliphatic heterocycles. The van der Waals surface area contributed by atoms with Crippen LogP contribution < -0.4 is 0 Å². The summed E-state index contributed by atoms with van der Waals surface area (Å²) in [7, 11) is 0. The largest absolute Gasteiger partial charge is 0.502 e. The predicted octanol–water partition coefficient (Wildman–Crippen LogP) is 3.38. The van der Waals surface area contributed by atoms with Crippen molar-refractivity contribution in [2.24, 2.45) is 0 Å². The van der Waals surface area contributed by atoms with Crippen LogP contribution in [0.5, 0.6) is 5.75 Å². The molecule has 2 aromatic rings. The van der Waals surface area contributed by atoms with Gasteiger partial charge in [-0.25, -0.2) is 9.18 Å². The minimum Gasteiger partial charge on any atom is -0.502 e. The van der Waals surface area contributed by atoms with Crippen molar-refractivity contribution in [3.8, 4) is 16.9 Å². The van der Waals surface area contributed by atoms with E-state index in [1.54, 1.807) is 0 Å². The molecule has 0 unspecified atom stereocenters. The zero-order valence-corrected chi connectivity index (χ0v) is 12.0. The van der Waals surface area contributed by atoms with E-state index < -0.39 is 28.1 Å². The number of phenolic OH excluding ortho intramolecular Hbond substituents is 1. The Bertz CT molecular complexity index is 720. The van der Waals surface area contributed by atoms with E-state index >= 15 is 0 Å². The summed E-state index contributed by atoms with van der Waals surface area (Å²) in [5.74, 6) is -2.80. The number of benzene rings is 2. The number of halogens is 2. The summed E-state index contributed by atoms with van der Waals surface area (Å²) in [5, 5.41) is 29.4. The van der Waals surface area contributed by atoms with E-state index in [-0.39, 0.29) is 33.7 Å². The summed E-state index contributed by atoms with van der Waals surface area (Å²) in [6, 6.07) is 6.83. The van der Waals surface area contributed by atoms with Gasteiger partial charge in [-0.3, -0.25) is 10.1 Å². The maximum absolute atomic E-state index is 13.4. The van der Waals surface area contributed by atoms with Crippen molar-refractivity contribution in [3.63, 3.8) is 0 Å².